The van der Waals surface area contributed by atoms with Crippen LogP contribution in [-0.4, -0.2) is 45.3 Å². The first-order chi connectivity index (χ1) is 13.7. The Labute approximate surface area is 168 Å². The van der Waals surface area contributed by atoms with E-state index in [1.165, 1.54) is 5.69 Å². The molecule has 1 aliphatic heterocycles. The monoisotopic (exact) mass is 395 g/mol. The van der Waals surface area contributed by atoms with Crippen LogP contribution in [0.2, 0.25) is 5.02 Å². The number of fused-ring (bicyclic) bond motifs is 2. The van der Waals surface area contributed by atoms with Gasteiger partial charge in [-0.1, -0.05) is 11.6 Å². The number of benzene rings is 1. The van der Waals surface area contributed by atoms with Gasteiger partial charge in [0.05, 0.1) is 23.9 Å². The van der Waals surface area contributed by atoms with Gasteiger partial charge in [-0.2, -0.15) is 0 Å². The van der Waals surface area contributed by atoms with Crippen molar-refractivity contribution in [1.82, 2.24) is 15.0 Å². The molecule has 2 aromatic heterocycles. The SMILES string of the molecule is O[C@@H]1C[C@H]2CN(c3ccnc4cc(Cl)ccc34)C[C@H]2C[C@H]1Nc1cnccn1. The second-order valence-electron chi connectivity index (χ2n) is 7.80. The van der Waals surface area contributed by atoms with Crippen molar-refractivity contribution >= 4 is 34.0 Å². The average molecular weight is 396 g/mol. The van der Waals surface area contributed by atoms with Crippen molar-refractivity contribution < 1.29 is 5.11 Å². The van der Waals surface area contributed by atoms with E-state index in [-0.39, 0.29) is 12.1 Å². The van der Waals surface area contributed by atoms with Crippen molar-refractivity contribution in [1.29, 1.82) is 0 Å². The number of hydrogen-bond acceptors (Lipinski definition) is 6. The molecule has 0 radical (unpaired) electrons. The highest BCUT2D eigenvalue weighted by atomic mass is 35.5. The molecule has 3 aromatic rings. The minimum Gasteiger partial charge on any atom is -0.391 e. The van der Waals surface area contributed by atoms with Gasteiger partial charge in [0.25, 0.3) is 0 Å². The lowest BCUT2D eigenvalue weighted by Gasteiger charge is -2.35. The van der Waals surface area contributed by atoms with Crippen LogP contribution in [0.4, 0.5) is 11.5 Å². The largest absolute Gasteiger partial charge is 0.391 e. The Morgan fingerprint density at radius 2 is 1.89 bits per heavy atom. The van der Waals surface area contributed by atoms with Crippen LogP contribution in [-0.2, 0) is 0 Å². The molecule has 0 spiro atoms. The first-order valence-corrected chi connectivity index (χ1v) is 10.0. The number of anilines is 2. The van der Waals surface area contributed by atoms with Gasteiger partial charge in [0.15, 0.2) is 0 Å². The van der Waals surface area contributed by atoms with E-state index in [0.717, 1.165) is 42.7 Å². The number of aromatic nitrogens is 3. The van der Waals surface area contributed by atoms with Crippen LogP contribution in [0.1, 0.15) is 12.8 Å². The highest BCUT2D eigenvalue weighted by Crippen LogP contribution is 2.40. The van der Waals surface area contributed by atoms with E-state index in [2.05, 4.69) is 37.3 Å². The van der Waals surface area contributed by atoms with Crippen molar-refractivity contribution in [3.8, 4) is 0 Å². The van der Waals surface area contributed by atoms with E-state index in [0.29, 0.717) is 16.9 Å². The summed E-state index contributed by atoms with van der Waals surface area (Å²) < 4.78 is 0. The van der Waals surface area contributed by atoms with Gasteiger partial charge in [0, 0.05) is 47.8 Å². The molecule has 144 valence electrons. The fourth-order valence-electron chi connectivity index (χ4n) is 4.73. The maximum absolute atomic E-state index is 10.7. The predicted octanol–water partition coefficient (Wildman–Crippen LogP) is 3.37. The summed E-state index contributed by atoms with van der Waals surface area (Å²) in [6.07, 6.45) is 8.22. The molecule has 6 nitrogen and oxygen atoms in total. The Kier molecular flexibility index (Phi) is 4.53. The third-order valence-electron chi connectivity index (χ3n) is 6.06. The van der Waals surface area contributed by atoms with Gasteiger partial charge in [-0.3, -0.25) is 9.97 Å². The van der Waals surface area contributed by atoms with Crippen molar-refractivity contribution in [2.45, 2.75) is 25.0 Å². The summed E-state index contributed by atoms with van der Waals surface area (Å²) in [6.45, 7) is 1.94. The highest BCUT2D eigenvalue weighted by Gasteiger charge is 2.42. The normalized spacial score (nSPS) is 27.0. The van der Waals surface area contributed by atoms with Gasteiger partial charge in [0.1, 0.15) is 5.82 Å². The smallest absolute Gasteiger partial charge is 0.144 e. The number of aliphatic hydroxyl groups excluding tert-OH is 1. The van der Waals surface area contributed by atoms with Crippen LogP contribution in [0.3, 0.4) is 0 Å². The Hall–Kier alpha value is -2.44. The molecule has 0 amide bonds. The zero-order chi connectivity index (χ0) is 19.1. The predicted molar refractivity (Wildman–Crippen MR) is 111 cm³/mol. The molecular weight excluding hydrogens is 374 g/mol. The Balaban J connectivity index is 1.36. The van der Waals surface area contributed by atoms with E-state index in [4.69, 9.17) is 11.6 Å². The molecule has 2 N–H and O–H groups in total. The molecule has 1 aliphatic carbocycles. The summed E-state index contributed by atoms with van der Waals surface area (Å²) in [4.78, 5) is 15.3. The van der Waals surface area contributed by atoms with Gasteiger partial charge < -0.3 is 15.3 Å². The van der Waals surface area contributed by atoms with E-state index in [1.807, 2.05) is 18.3 Å². The number of nitrogens with one attached hydrogen (secondary N) is 1. The van der Waals surface area contributed by atoms with Gasteiger partial charge >= 0.3 is 0 Å². The van der Waals surface area contributed by atoms with Crippen molar-refractivity contribution in [2.75, 3.05) is 23.3 Å². The molecule has 0 unspecified atom stereocenters. The summed E-state index contributed by atoms with van der Waals surface area (Å²) in [5.41, 5.74) is 2.12. The first-order valence-electron chi connectivity index (χ1n) is 9.67. The summed E-state index contributed by atoms with van der Waals surface area (Å²) in [7, 11) is 0. The number of rotatable bonds is 3. The summed E-state index contributed by atoms with van der Waals surface area (Å²) in [5.74, 6) is 1.75. The van der Waals surface area contributed by atoms with Crippen molar-refractivity contribution in [2.24, 2.45) is 11.8 Å². The molecule has 2 aliphatic rings. The zero-order valence-electron chi connectivity index (χ0n) is 15.4. The van der Waals surface area contributed by atoms with Crippen LogP contribution in [0.5, 0.6) is 0 Å². The minimum atomic E-state index is -0.379. The molecule has 1 saturated heterocycles. The van der Waals surface area contributed by atoms with Gasteiger partial charge in [-0.25, -0.2) is 4.98 Å². The average Bonchev–Trinajstić information content (AvgIpc) is 3.11. The zero-order valence-corrected chi connectivity index (χ0v) is 16.1. The minimum absolute atomic E-state index is 0.00545. The quantitative estimate of drug-likeness (QED) is 0.708. The molecule has 3 heterocycles. The Morgan fingerprint density at radius 3 is 2.71 bits per heavy atom. The molecule has 28 heavy (non-hydrogen) atoms. The molecule has 7 heteroatoms. The third-order valence-corrected chi connectivity index (χ3v) is 6.30. The fraction of sp³-hybridized carbons (Fsp3) is 0.381. The van der Waals surface area contributed by atoms with Crippen LogP contribution < -0.4 is 10.2 Å². The standard InChI is InChI=1S/C21H22ClN5O/c22-15-1-2-16-17(9-15)24-4-3-19(16)27-11-13-7-18(20(28)8-14(13)12-27)26-21-10-23-5-6-25-21/h1-6,9-10,13-14,18,20,28H,7-8,11-12H2,(H,25,26)/t13-,14+,18-,20-/m1/s1. The summed E-state index contributed by atoms with van der Waals surface area (Å²) in [6, 6.07) is 7.97. The molecule has 2 fully saturated rings. The second-order valence-corrected chi connectivity index (χ2v) is 8.23. The van der Waals surface area contributed by atoms with Gasteiger partial charge in [-0.15, -0.1) is 0 Å². The number of halogens is 1. The van der Waals surface area contributed by atoms with E-state index in [1.54, 1.807) is 18.6 Å². The Morgan fingerprint density at radius 1 is 1.04 bits per heavy atom. The topological polar surface area (TPSA) is 74.2 Å². The fourth-order valence-corrected chi connectivity index (χ4v) is 4.89. The van der Waals surface area contributed by atoms with E-state index >= 15 is 0 Å². The Bertz CT molecular complexity index is 985. The van der Waals surface area contributed by atoms with Crippen LogP contribution in [0, 0.1) is 11.8 Å². The second kappa shape index (κ2) is 7.18. The summed E-state index contributed by atoms with van der Waals surface area (Å²) in [5, 5.41) is 15.9. The lowest BCUT2D eigenvalue weighted by atomic mass is 9.77. The van der Waals surface area contributed by atoms with Crippen LogP contribution in [0.25, 0.3) is 10.9 Å². The third kappa shape index (κ3) is 3.27. The van der Waals surface area contributed by atoms with Gasteiger partial charge in [0.2, 0.25) is 0 Å². The lowest BCUT2D eigenvalue weighted by Crippen LogP contribution is -2.43. The molecular formula is C21H22ClN5O. The maximum Gasteiger partial charge on any atom is 0.144 e. The van der Waals surface area contributed by atoms with Crippen LogP contribution in [0.15, 0.2) is 49.1 Å². The van der Waals surface area contributed by atoms with Crippen LogP contribution >= 0.6 is 11.6 Å². The molecule has 1 aromatic carbocycles. The molecule has 5 rings (SSSR count). The maximum atomic E-state index is 10.7. The molecule has 0 bridgehead atoms. The van der Waals surface area contributed by atoms with E-state index < -0.39 is 0 Å². The number of hydrogen-bond donors (Lipinski definition) is 2. The highest BCUT2D eigenvalue weighted by molar-refractivity contribution is 6.31. The lowest BCUT2D eigenvalue weighted by molar-refractivity contribution is 0.0737. The van der Waals surface area contributed by atoms with Crippen molar-refractivity contribution in [3.63, 3.8) is 0 Å². The molecule has 1 saturated carbocycles. The van der Waals surface area contributed by atoms with Gasteiger partial charge in [-0.05, 0) is 48.9 Å². The first kappa shape index (κ1) is 17.6. The van der Waals surface area contributed by atoms with Crippen molar-refractivity contribution in [3.05, 3.63) is 54.1 Å². The number of aliphatic hydroxyl groups is 1. The summed E-state index contributed by atoms with van der Waals surface area (Å²) >= 11 is 6.13. The number of nitrogens with zero attached hydrogens (tertiary/aromatic N) is 4. The van der Waals surface area contributed by atoms with E-state index in [9.17, 15) is 5.11 Å². The molecule has 4 atom stereocenters. The number of pyridine rings is 1.